The van der Waals surface area contributed by atoms with Crippen molar-refractivity contribution >= 4 is 23.3 Å². The van der Waals surface area contributed by atoms with Crippen molar-refractivity contribution < 1.29 is 24.0 Å². The van der Waals surface area contributed by atoms with E-state index in [1.807, 2.05) is 20.9 Å². The molecule has 4 N–H and O–H groups in total. The number of nitrogens with one attached hydrogen (secondary N) is 3. The van der Waals surface area contributed by atoms with Gasteiger partial charge in [-0.05, 0) is 46.0 Å². The minimum atomic E-state index is -0.447. The van der Waals surface area contributed by atoms with Crippen molar-refractivity contribution in [3.8, 4) is 5.75 Å². The minimum absolute atomic E-state index is 0.0416. The third-order valence-electron chi connectivity index (χ3n) is 5.85. The van der Waals surface area contributed by atoms with Crippen LogP contribution in [0.3, 0.4) is 0 Å². The maximum atomic E-state index is 13.1. The van der Waals surface area contributed by atoms with Crippen molar-refractivity contribution in [3.63, 3.8) is 0 Å². The van der Waals surface area contributed by atoms with E-state index >= 15 is 0 Å². The summed E-state index contributed by atoms with van der Waals surface area (Å²) in [5, 5.41) is 22.2. The number of likely N-dealkylation sites (N-methyl/N-ethyl adjacent to an activating group) is 1. The molecule has 2 heterocycles. The van der Waals surface area contributed by atoms with Crippen LogP contribution in [0.25, 0.3) is 0 Å². The second kappa shape index (κ2) is 10.7. The fourth-order valence-electron chi connectivity index (χ4n) is 3.89. The van der Waals surface area contributed by atoms with Crippen LogP contribution in [0.15, 0.2) is 22.7 Å². The lowest BCUT2D eigenvalue weighted by molar-refractivity contribution is -0.134. The molecule has 33 heavy (non-hydrogen) atoms. The van der Waals surface area contributed by atoms with E-state index < -0.39 is 6.03 Å². The van der Waals surface area contributed by atoms with E-state index in [9.17, 15) is 14.7 Å². The van der Waals surface area contributed by atoms with Gasteiger partial charge in [-0.25, -0.2) is 4.79 Å². The number of urea groups is 1. The van der Waals surface area contributed by atoms with Gasteiger partial charge in [0.1, 0.15) is 23.2 Å². The van der Waals surface area contributed by atoms with E-state index in [0.717, 1.165) is 0 Å². The molecule has 0 saturated carbocycles. The lowest BCUT2D eigenvalue weighted by Crippen LogP contribution is -2.47. The average molecular weight is 460 g/mol. The SMILES string of the molecule is CNC[C@H]1Oc2ccc(NC(=O)Nc3c(C)noc3C)cc2CC(=O)N([C@H](C)CO)C[C@@H]1C. The summed E-state index contributed by atoms with van der Waals surface area (Å²) >= 11 is 0. The van der Waals surface area contributed by atoms with Gasteiger partial charge in [0.05, 0.1) is 19.1 Å². The normalized spacial score (nSPS) is 19.6. The van der Waals surface area contributed by atoms with Crippen LogP contribution < -0.4 is 20.7 Å². The molecule has 0 unspecified atom stereocenters. The Labute approximate surface area is 193 Å². The molecule has 180 valence electrons. The first-order valence-corrected chi connectivity index (χ1v) is 11.1. The molecule has 0 radical (unpaired) electrons. The molecule has 1 aromatic heterocycles. The molecule has 0 spiro atoms. The van der Waals surface area contributed by atoms with Crippen molar-refractivity contribution in [1.29, 1.82) is 0 Å². The highest BCUT2D eigenvalue weighted by Crippen LogP contribution is 2.29. The Kier molecular flexibility index (Phi) is 7.93. The number of carbonyl (C=O) groups excluding carboxylic acids is 2. The molecule has 10 heteroatoms. The summed E-state index contributed by atoms with van der Waals surface area (Å²) in [6.07, 6.45) is -0.0747. The summed E-state index contributed by atoms with van der Waals surface area (Å²) in [4.78, 5) is 27.4. The number of hydrogen-bond acceptors (Lipinski definition) is 7. The van der Waals surface area contributed by atoms with Crippen molar-refractivity contribution in [3.05, 3.63) is 35.2 Å². The average Bonchev–Trinajstić information content (AvgIpc) is 3.11. The van der Waals surface area contributed by atoms with Crippen molar-refractivity contribution in [1.82, 2.24) is 15.4 Å². The number of amides is 3. The van der Waals surface area contributed by atoms with E-state index in [0.29, 0.717) is 47.2 Å². The van der Waals surface area contributed by atoms with Gasteiger partial charge in [0.2, 0.25) is 5.91 Å². The minimum Gasteiger partial charge on any atom is -0.488 e. The van der Waals surface area contributed by atoms with Crippen molar-refractivity contribution in [2.24, 2.45) is 5.92 Å². The van der Waals surface area contributed by atoms with Crippen molar-refractivity contribution in [2.45, 2.75) is 46.3 Å². The molecule has 1 aliphatic heterocycles. The topological polar surface area (TPSA) is 129 Å². The molecular formula is C23H33N5O5. The number of carbonyl (C=O) groups is 2. The summed E-state index contributed by atoms with van der Waals surface area (Å²) in [5.74, 6) is 1.06. The monoisotopic (exact) mass is 459 g/mol. The highest BCUT2D eigenvalue weighted by Gasteiger charge is 2.30. The molecular weight excluding hydrogens is 426 g/mol. The van der Waals surface area contributed by atoms with Gasteiger partial charge >= 0.3 is 6.03 Å². The molecule has 2 aromatic rings. The van der Waals surface area contributed by atoms with Gasteiger partial charge in [-0.15, -0.1) is 0 Å². The third-order valence-corrected chi connectivity index (χ3v) is 5.85. The Morgan fingerprint density at radius 2 is 2.09 bits per heavy atom. The number of anilines is 2. The van der Waals surface area contributed by atoms with E-state index in [1.54, 1.807) is 36.9 Å². The quantitative estimate of drug-likeness (QED) is 0.522. The predicted molar refractivity (Wildman–Crippen MR) is 125 cm³/mol. The zero-order chi connectivity index (χ0) is 24.1. The fourth-order valence-corrected chi connectivity index (χ4v) is 3.89. The second-order valence-electron chi connectivity index (χ2n) is 8.55. The number of aryl methyl sites for hydroxylation is 2. The molecule has 1 aliphatic rings. The predicted octanol–water partition coefficient (Wildman–Crippen LogP) is 2.30. The molecule has 3 rings (SSSR count). The molecule has 1 aromatic carbocycles. The number of aliphatic hydroxyl groups excluding tert-OH is 1. The highest BCUT2D eigenvalue weighted by molar-refractivity contribution is 6.00. The molecule has 0 fully saturated rings. The van der Waals surface area contributed by atoms with Gasteiger partial charge in [0, 0.05) is 30.3 Å². The van der Waals surface area contributed by atoms with E-state index in [-0.39, 0.29) is 37.0 Å². The first kappa shape index (κ1) is 24.5. The summed E-state index contributed by atoms with van der Waals surface area (Å²) in [5.41, 5.74) is 2.29. The summed E-state index contributed by atoms with van der Waals surface area (Å²) < 4.78 is 11.4. The number of benzene rings is 1. The zero-order valence-electron chi connectivity index (χ0n) is 19.8. The second-order valence-corrected chi connectivity index (χ2v) is 8.55. The Balaban J connectivity index is 1.86. The van der Waals surface area contributed by atoms with Crippen LogP contribution in [0.5, 0.6) is 5.75 Å². The zero-order valence-corrected chi connectivity index (χ0v) is 19.8. The van der Waals surface area contributed by atoms with Crippen LogP contribution in [0.1, 0.15) is 30.9 Å². The van der Waals surface area contributed by atoms with Crippen LogP contribution >= 0.6 is 0 Å². The first-order valence-electron chi connectivity index (χ1n) is 11.1. The Bertz CT molecular complexity index is 972. The van der Waals surface area contributed by atoms with Crippen LogP contribution in [0, 0.1) is 19.8 Å². The van der Waals surface area contributed by atoms with Gasteiger partial charge in [-0.1, -0.05) is 12.1 Å². The Hall–Kier alpha value is -3.11. The van der Waals surface area contributed by atoms with Gasteiger partial charge in [-0.2, -0.15) is 0 Å². The number of fused-ring (bicyclic) bond motifs is 1. The summed E-state index contributed by atoms with van der Waals surface area (Å²) in [7, 11) is 1.85. The first-order chi connectivity index (χ1) is 15.7. The van der Waals surface area contributed by atoms with Gasteiger partial charge in [0.25, 0.3) is 0 Å². The van der Waals surface area contributed by atoms with E-state index in [2.05, 4.69) is 21.1 Å². The molecule has 3 amide bonds. The van der Waals surface area contributed by atoms with Gasteiger partial charge < -0.3 is 35.2 Å². The number of aliphatic hydroxyl groups is 1. The molecule has 3 atom stereocenters. The third kappa shape index (κ3) is 5.82. The molecule has 0 bridgehead atoms. The largest absolute Gasteiger partial charge is 0.488 e. The number of nitrogens with zero attached hydrogens (tertiary/aromatic N) is 2. The Morgan fingerprint density at radius 3 is 2.73 bits per heavy atom. The maximum Gasteiger partial charge on any atom is 0.323 e. The standard InChI is InChI=1S/C23H33N5O5/c1-13-11-28(14(2)12-29)21(30)9-17-8-18(6-7-19(17)32-20(13)10-24-5)25-23(31)26-22-15(3)27-33-16(22)4/h6-8,13-14,20,24,29H,9-12H2,1-5H3,(H2,25,26,31)/t13-,14+,20+/m0/s1. The lowest BCUT2D eigenvalue weighted by atomic mass is 10.0. The van der Waals surface area contributed by atoms with Crippen LogP contribution in [-0.2, 0) is 11.2 Å². The number of hydrogen-bond donors (Lipinski definition) is 4. The summed E-state index contributed by atoms with van der Waals surface area (Å²) in [6.45, 7) is 8.29. The Morgan fingerprint density at radius 1 is 1.33 bits per heavy atom. The number of ether oxygens (including phenoxy) is 1. The van der Waals surface area contributed by atoms with E-state index in [1.165, 1.54) is 0 Å². The van der Waals surface area contributed by atoms with Crippen molar-refractivity contribution in [2.75, 3.05) is 37.4 Å². The number of rotatable bonds is 6. The fraction of sp³-hybridized carbons (Fsp3) is 0.522. The van der Waals surface area contributed by atoms with E-state index in [4.69, 9.17) is 9.26 Å². The lowest BCUT2D eigenvalue weighted by Gasteiger charge is -2.32. The molecule has 0 aliphatic carbocycles. The van der Waals surface area contributed by atoms with Gasteiger partial charge in [0.15, 0.2) is 5.76 Å². The van der Waals surface area contributed by atoms with Crippen LogP contribution in [-0.4, -0.2) is 66.0 Å². The summed E-state index contributed by atoms with van der Waals surface area (Å²) in [6, 6.07) is 4.50. The maximum absolute atomic E-state index is 13.1. The van der Waals surface area contributed by atoms with Crippen LogP contribution in [0.2, 0.25) is 0 Å². The van der Waals surface area contributed by atoms with Gasteiger partial charge in [-0.3, -0.25) is 4.79 Å². The number of aromatic nitrogens is 1. The smallest absolute Gasteiger partial charge is 0.323 e. The van der Waals surface area contributed by atoms with Crippen LogP contribution in [0.4, 0.5) is 16.2 Å². The molecule has 0 saturated heterocycles. The highest BCUT2D eigenvalue weighted by atomic mass is 16.5. The molecule has 10 nitrogen and oxygen atoms in total.